The van der Waals surface area contributed by atoms with Crippen LogP contribution in [0.5, 0.6) is 0 Å². The van der Waals surface area contributed by atoms with E-state index >= 15 is 0 Å². The molecule has 2 aromatic carbocycles. The number of hydrogen-bond acceptors (Lipinski definition) is 3. The number of carbonyl (C=O) groups excluding carboxylic acids is 2. The molecule has 3 N–H and O–H groups in total. The molecule has 0 fully saturated rings. The van der Waals surface area contributed by atoms with Crippen LogP contribution in [0.3, 0.4) is 0 Å². The molecule has 3 amide bonds. The number of nitrogens with one attached hydrogen (secondary N) is 3. The number of benzene rings is 2. The molecule has 0 unspecified atom stereocenters. The van der Waals surface area contributed by atoms with Crippen molar-refractivity contribution in [1.29, 1.82) is 5.26 Å². The van der Waals surface area contributed by atoms with E-state index in [1.807, 2.05) is 24.3 Å². The van der Waals surface area contributed by atoms with E-state index in [0.29, 0.717) is 16.9 Å². The maximum Gasteiger partial charge on any atom is 0.319 e. The zero-order valence-electron chi connectivity index (χ0n) is 12.4. The van der Waals surface area contributed by atoms with Crippen LogP contribution < -0.4 is 16.0 Å². The second-order valence-electron chi connectivity index (χ2n) is 4.74. The number of nitrogens with zero attached hydrogens (tertiary/aromatic N) is 1. The highest BCUT2D eigenvalue weighted by atomic mass is 16.2. The molecule has 116 valence electrons. The summed E-state index contributed by atoms with van der Waals surface area (Å²) < 4.78 is 0. The van der Waals surface area contributed by atoms with Gasteiger partial charge in [-0.15, -0.1) is 0 Å². The van der Waals surface area contributed by atoms with Crippen LogP contribution in [0.1, 0.15) is 12.0 Å². The van der Waals surface area contributed by atoms with Crippen LogP contribution in [0, 0.1) is 11.3 Å². The van der Waals surface area contributed by atoms with E-state index in [0.717, 1.165) is 0 Å². The highest BCUT2D eigenvalue weighted by molar-refractivity contribution is 5.92. The minimum absolute atomic E-state index is 0.138. The number of hydrogen-bond donors (Lipinski definition) is 3. The third-order valence-electron chi connectivity index (χ3n) is 2.94. The normalized spacial score (nSPS) is 9.52. The summed E-state index contributed by atoms with van der Waals surface area (Å²) in [4.78, 5) is 23.4. The average Bonchev–Trinajstić information content (AvgIpc) is 2.56. The molecular formula is C17H16N4O2. The van der Waals surface area contributed by atoms with Crippen molar-refractivity contribution in [3.63, 3.8) is 0 Å². The number of urea groups is 1. The number of anilines is 2. The molecule has 0 spiro atoms. The lowest BCUT2D eigenvalue weighted by atomic mass is 10.2. The first kappa shape index (κ1) is 16.0. The summed E-state index contributed by atoms with van der Waals surface area (Å²) in [5.74, 6) is -0.236. The Labute approximate surface area is 134 Å². The first-order valence-corrected chi connectivity index (χ1v) is 7.07. The molecule has 0 heterocycles. The summed E-state index contributed by atoms with van der Waals surface area (Å²) in [5.41, 5.74) is 1.72. The molecule has 0 bridgehead atoms. The number of amides is 3. The number of carbonyl (C=O) groups is 2. The lowest BCUT2D eigenvalue weighted by Gasteiger charge is -2.08. The van der Waals surface area contributed by atoms with Crippen molar-refractivity contribution in [2.24, 2.45) is 0 Å². The van der Waals surface area contributed by atoms with Crippen molar-refractivity contribution in [2.75, 3.05) is 17.2 Å². The van der Waals surface area contributed by atoms with Crippen molar-refractivity contribution < 1.29 is 9.59 Å². The summed E-state index contributed by atoms with van der Waals surface area (Å²) in [6, 6.07) is 17.3. The highest BCUT2D eigenvalue weighted by Gasteiger charge is 2.05. The Balaban J connectivity index is 1.72. The number of rotatable bonds is 5. The van der Waals surface area contributed by atoms with Crippen molar-refractivity contribution in [2.45, 2.75) is 6.42 Å². The maximum absolute atomic E-state index is 11.8. The maximum atomic E-state index is 11.8. The molecule has 0 aromatic heterocycles. The van der Waals surface area contributed by atoms with Crippen LogP contribution in [0.25, 0.3) is 0 Å². The van der Waals surface area contributed by atoms with Gasteiger partial charge in [0.1, 0.15) is 0 Å². The second kappa shape index (κ2) is 8.20. The first-order valence-electron chi connectivity index (χ1n) is 7.07. The fraction of sp³-hybridized carbons (Fsp3) is 0.118. The zero-order valence-corrected chi connectivity index (χ0v) is 12.4. The van der Waals surface area contributed by atoms with E-state index in [-0.39, 0.29) is 24.9 Å². The summed E-state index contributed by atoms with van der Waals surface area (Å²) in [5, 5.41) is 16.8. The molecule has 0 aliphatic heterocycles. The molecule has 0 aliphatic carbocycles. The second-order valence-corrected chi connectivity index (χ2v) is 4.74. The van der Waals surface area contributed by atoms with E-state index in [9.17, 15) is 9.59 Å². The Hall–Kier alpha value is -3.33. The smallest absolute Gasteiger partial charge is 0.319 e. The monoisotopic (exact) mass is 308 g/mol. The molecule has 2 rings (SSSR count). The van der Waals surface area contributed by atoms with Gasteiger partial charge < -0.3 is 16.0 Å². The molecule has 0 radical (unpaired) electrons. The van der Waals surface area contributed by atoms with Crippen LogP contribution in [0.15, 0.2) is 54.6 Å². The van der Waals surface area contributed by atoms with Crippen molar-refractivity contribution in [3.8, 4) is 6.07 Å². The summed E-state index contributed by atoms with van der Waals surface area (Å²) in [6.07, 6.45) is 0.138. The fourth-order valence-corrected chi connectivity index (χ4v) is 1.88. The lowest BCUT2D eigenvalue weighted by Crippen LogP contribution is -2.31. The van der Waals surface area contributed by atoms with E-state index in [2.05, 4.69) is 16.0 Å². The number of nitriles is 1. The minimum Gasteiger partial charge on any atom is -0.337 e. The molecule has 6 nitrogen and oxygen atoms in total. The molecule has 23 heavy (non-hydrogen) atoms. The van der Waals surface area contributed by atoms with E-state index in [1.165, 1.54) is 0 Å². The van der Waals surface area contributed by atoms with Gasteiger partial charge in [-0.3, -0.25) is 4.79 Å². The van der Waals surface area contributed by atoms with Gasteiger partial charge in [0.2, 0.25) is 5.91 Å². The van der Waals surface area contributed by atoms with Gasteiger partial charge in [-0.1, -0.05) is 24.3 Å². The van der Waals surface area contributed by atoms with E-state index in [4.69, 9.17) is 5.26 Å². The van der Waals surface area contributed by atoms with Gasteiger partial charge in [0, 0.05) is 24.3 Å². The molecular weight excluding hydrogens is 292 g/mol. The summed E-state index contributed by atoms with van der Waals surface area (Å²) in [6.45, 7) is 0.211. The van der Waals surface area contributed by atoms with E-state index in [1.54, 1.807) is 36.4 Å². The minimum atomic E-state index is -0.365. The Kier molecular flexibility index (Phi) is 5.72. The van der Waals surface area contributed by atoms with Gasteiger partial charge in [0.15, 0.2) is 0 Å². The van der Waals surface area contributed by atoms with Gasteiger partial charge in [0.05, 0.1) is 11.6 Å². The zero-order chi connectivity index (χ0) is 16.5. The Morgan fingerprint density at radius 2 is 1.70 bits per heavy atom. The van der Waals surface area contributed by atoms with Gasteiger partial charge >= 0.3 is 6.03 Å². The Morgan fingerprint density at radius 1 is 0.957 bits per heavy atom. The molecule has 2 aromatic rings. The largest absolute Gasteiger partial charge is 0.337 e. The average molecular weight is 308 g/mol. The van der Waals surface area contributed by atoms with Gasteiger partial charge in [0.25, 0.3) is 0 Å². The fourth-order valence-electron chi connectivity index (χ4n) is 1.88. The quantitative estimate of drug-likeness (QED) is 0.792. The molecule has 0 aliphatic rings. The molecule has 0 saturated heterocycles. The SMILES string of the molecule is N#Cc1cccc(NC(=O)CCNC(=O)Nc2ccccc2)c1. The topological polar surface area (TPSA) is 94.0 Å². The standard InChI is InChI=1S/C17H16N4O2/c18-12-13-5-4-8-15(11-13)20-16(22)9-10-19-17(23)21-14-6-2-1-3-7-14/h1-8,11H,9-10H2,(H,20,22)(H2,19,21,23). The predicted molar refractivity (Wildman–Crippen MR) is 87.9 cm³/mol. The molecule has 0 saturated carbocycles. The molecule has 6 heteroatoms. The summed E-state index contributed by atoms with van der Waals surface area (Å²) >= 11 is 0. The van der Waals surface area contributed by atoms with Crippen LogP contribution in [0.2, 0.25) is 0 Å². The third kappa shape index (κ3) is 5.52. The predicted octanol–water partition coefficient (Wildman–Crippen LogP) is 2.71. The van der Waals surface area contributed by atoms with Crippen molar-refractivity contribution in [1.82, 2.24) is 5.32 Å². The van der Waals surface area contributed by atoms with Crippen LogP contribution in [0.4, 0.5) is 16.2 Å². The Morgan fingerprint density at radius 3 is 2.43 bits per heavy atom. The van der Waals surface area contributed by atoms with Gasteiger partial charge in [-0.05, 0) is 30.3 Å². The Bertz CT molecular complexity index is 723. The van der Waals surface area contributed by atoms with Crippen molar-refractivity contribution >= 4 is 23.3 Å². The van der Waals surface area contributed by atoms with Gasteiger partial charge in [-0.25, -0.2) is 4.79 Å². The third-order valence-corrected chi connectivity index (χ3v) is 2.94. The molecule has 0 atom stereocenters. The lowest BCUT2D eigenvalue weighted by molar-refractivity contribution is -0.116. The first-order chi connectivity index (χ1) is 11.2. The highest BCUT2D eigenvalue weighted by Crippen LogP contribution is 2.09. The van der Waals surface area contributed by atoms with Crippen LogP contribution >= 0.6 is 0 Å². The van der Waals surface area contributed by atoms with Crippen LogP contribution in [-0.2, 0) is 4.79 Å². The van der Waals surface area contributed by atoms with Crippen molar-refractivity contribution in [3.05, 3.63) is 60.2 Å². The number of para-hydroxylation sites is 1. The van der Waals surface area contributed by atoms with E-state index < -0.39 is 0 Å². The van der Waals surface area contributed by atoms with Crippen LogP contribution in [-0.4, -0.2) is 18.5 Å². The van der Waals surface area contributed by atoms with Gasteiger partial charge in [-0.2, -0.15) is 5.26 Å². The summed E-state index contributed by atoms with van der Waals surface area (Å²) in [7, 11) is 0.